The van der Waals surface area contributed by atoms with E-state index in [1.54, 1.807) is 0 Å². The summed E-state index contributed by atoms with van der Waals surface area (Å²) in [7, 11) is -1.41. The normalized spacial score (nSPS) is 22.0. The molecule has 4 aromatic carbocycles. The van der Waals surface area contributed by atoms with Gasteiger partial charge in [0.15, 0.2) is 6.29 Å². The van der Waals surface area contributed by atoms with Crippen molar-refractivity contribution >= 4 is 8.07 Å². The average Bonchev–Trinajstić information content (AvgIpc) is 3.10. The summed E-state index contributed by atoms with van der Waals surface area (Å²) in [6.45, 7) is 8.99. The third-order valence-corrected chi connectivity index (χ3v) is 10.0. The van der Waals surface area contributed by atoms with Crippen LogP contribution < -0.4 is 0 Å². The number of aliphatic hydroxyl groups is 1. The SMILES string of the molecule is C[Si](C)(C)CCO[C@H]1O[C@H]([C@H](COCc2ccccc2)OCc2ccccc2)[C@@H](OCc2ccccc2)[C@H](O)[C@@H]1OCc1ccccc1. The number of ether oxygens (including phenoxy) is 6. The fourth-order valence-electron chi connectivity index (χ4n) is 5.55. The van der Waals surface area contributed by atoms with Crippen LogP contribution in [0.15, 0.2) is 121 Å². The minimum atomic E-state index is -1.41. The van der Waals surface area contributed by atoms with Gasteiger partial charge >= 0.3 is 0 Å². The molecule has 0 saturated carbocycles. The lowest BCUT2D eigenvalue weighted by molar-refractivity contribution is -0.331. The van der Waals surface area contributed by atoms with Crippen molar-refractivity contribution in [2.24, 2.45) is 0 Å². The molecule has 5 rings (SSSR count). The molecule has 1 aliphatic heterocycles. The van der Waals surface area contributed by atoms with Crippen molar-refractivity contribution in [2.45, 2.75) is 88.9 Å². The Morgan fingerprint density at radius 2 is 1.06 bits per heavy atom. The van der Waals surface area contributed by atoms with Gasteiger partial charge < -0.3 is 33.5 Å². The van der Waals surface area contributed by atoms with Gasteiger partial charge in [-0.25, -0.2) is 0 Å². The van der Waals surface area contributed by atoms with Crippen molar-refractivity contribution in [3.05, 3.63) is 144 Å². The van der Waals surface area contributed by atoms with Gasteiger partial charge in [-0.05, 0) is 28.3 Å². The quantitative estimate of drug-likeness (QED) is 0.111. The highest BCUT2D eigenvalue weighted by Crippen LogP contribution is 2.32. The zero-order valence-electron chi connectivity index (χ0n) is 28.4. The third kappa shape index (κ3) is 11.5. The molecule has 0 aromatic heterocycles. The molecule has 1 fully saturated rings. The van der Waals surface area contributed by atoms with E-state index < -0.39 is 44.9 Å². The van der Waals surface area contributed by atoms with Gasteiger partial charge in [0.2, 0.25) is 0 Å². The van der Waals surface area contributed by atoms with Gasteiger partial charge in [0.25, 0.3) is 0 Å². The highest BCUT2D eigenvalue weighted by atomic mass is 28.3. The molecule has 0 radical (unpaired) electrons. The summed E-state index contributed by atoms with van der Waals surface area (Å²) < 4.78 is 39.0. The first-order valence-electron chi connectivity index (χ1n) is 16.9. The second kappa shape index (κ2) is 18.5. The lowest BCUT2D eigenvalue weighted by Crippen LogP contribution is -2.63. The van der Waals surface area contributed by atoms with Crippen LogP contribution in [0.2, 0.25) is 25.7 Å². The maximum absolute atomic E-state index is 12.1. The maximum Gasteiger partial charge on any atom is 0.186 e. The Morgan fingerprint density at radius 3 is 1.56 bits per heavy atom. The maximum atomic E-state index is 12.1. The van der Waals surface area contributed by atoms with Crippen LogP contribution in [-0.2, 0) is 54.8 Å². The van der Waals surface area contributed by atoms with Gasteiger partial charge in [0.05, 0.1) is 33.0 Å². The number of benzene rings is 4. The summed E-state index contributed by atoms with van der Waals surface area (Å²) in [5.41, 5.74) is 4.06. The largest absolute Gasteiger partial charge is 0.387 e. The Kier molecular flexibility index (Phi) is 13.9. The molecule has 1 heterocycles. The van der Waals surface area contributed by atoms with E-state index in [1.807, 2.05) is 121 Å². The summed E-state index contributed by atoms with van der Waals surface area (Å²) in [5, 5.41) is 12.1. The molecule has 0 bridgehead atoms. The fraction of sp³-hybridized carbons (Fsp3) is 0.400. The van der Waals surface area contributed by atoms with Gasteiger partial charge in [0, 0.05) is 14.7 Å². The Labute approximate surface area is 286 Å². The molecule has 6 atom stereocenters. The molecular weight excluding hydrogens is 621 g/mol. The Morgan fingerprint density at radius 1 is 0.604 bits per heavy atom. The van der Waals surface area contributed by atoms with Crippen LogP contribution in [0.4, 0.5) is 0 Å². The van der Waals surface area contributed by atoms with Gasteiger partial charge in [-0.1, -0.05) is 141 Å². The molecule has 4 aromatic rings. The molecule has 1 saturated heterocycles. The highest BCUT2D eigenvalue weighted by Gasteiger charge is 2.50. The van der Waals surface area contributed by atoms with Gasteiger partial charge in [-0.3, -0.25) is 0 Å². The monoisotopic (exact) mass is 670 g/mol. The fourth-order valence-corrected chi connectivity index (χ4v) is 6.28. The van der Waals surface area contributed by atoms with Crippen molar-refractivity contribution in [1.29, 1.82) is 0 Å². The molecule has 1 aliphatic rings. The number of aliphatic hydroxyl groups excluding tert-OH is 1. The van der Waals surface area contributed by atoms with E-state index in [4.69, 9.17) is 28.4 Å². The van der Waals surface area contributed by atoms with E-state index >= 15 is 0 Å². The standard InChI is InChI=1S/C40H50O7Si/c1-48(2,3)25-24-43-40-39(46-29-34-22-14-7-15-23-34)36(41)38(45-28-33-20-12-6-13-21-33)37(47-40)35(44-27-32-18-10-5-11-19-32)30-42-26-31-16-8-4-9-17-31/h4-23,35-41H,24-30H2,1-3H3/t35-,36-,37+,38-,39-,40-/m0/s1. The molecule has 0 spiro atoms. The van der Waals surface area contributed by atoms with E-state index in [9.17, 15) is 5.11 Å². The van der Waals surface area contributed by atoms with Crippen LogP contribution in [0.3, 0.4) is 0 Å². The first kappa shape index (κ1) is 36.1. The third-order valence-electron chi connectivity index (χ3n) is 8.33. The van der Waals surface area contributed by atoms with E-state index in [0.29, 0.717) is 26.4 Å². The van der Waals surface area contributed by atoms with Gasteiger partial charge in [-0.15, -0.1) is 0 Å². The first-order valence-corrected chi connectivity index (χ1v) is 20.6. The van der Waals surface area contributed by atoms with Crippen LogP contribution in [0.1, 0.15) is 22.3 Å². The highest BCUT2D eigenvalue weighted by molar-refractivity contribution is 6.76. The molecule has 8 heteroatoms. The van der Waals surface area contributed by atoms with E-state index in [2.05, 4.69) is 19.6 Å². The minimum absolute atomic E-state index is 0.224. The minimum Gasteiger partial charge on any atom is -0.387 e. The number of hydrogen-bond donors (Lipinski definition) is 1. The van der Waals surface area contributed by atoms with E-state index in [-0.39, 0.29) is 13.2 Å². The Hall–Kier alpha value is -3.18. The summed E-state index contributed by atoms with van der Waals surface area (Å²) >= 11 is 0. The topological polar surface area (TPSA) is 75.6 Å². The molecule has 0 aliphatic carbocycles. The van der Waals surface area contributed by atoms with Crippen molar-refractivity contribution in [2.75, 3.05) is 13.2 Å². The molecular formula is C40H50O7Si. The van der Waals surface area contributed by atoms with Crippen LogP contribution in [-0.4, -0.2) is 63.2 Å². The summed E-state index contributed by atoms with van der Waals surface area (Å²) in [4.78, 5) is 0. The lowest BCUT2D eigenvalue weighted by atomic mass is 9.94. The van der Waals surface area contributed by atoms with Crippen molar-refractivity contribution < 1.29 is 33.5 Å². The second-order valence-electron chi connectivity index (χ2n) is 13.5. The molecule has 48 heavy (non-hydrogen) atoms. The molecule has 7 nitrogen and oxygen atoms in total. The Bertz CT molecular complexity index is 1440. The van der Waals surface area contributed by atoms with Gasteiger partial charge in [0.1, 0.15) is 30.5 Å². The first-order chi connectivity index (χ1) is 23.4. The van der Waals surface area contributed by atoms with Crippen LogP contribution >= 0.6 is 0 Å². The van der Waals surface area contributed by atoms with Crippen LogP contribution in [0, 0.1) is 0 Å². The number of rotatable bonds is 18. The van der Waals surface area contributed by atoms with E-state index in [1.165, 1.54) is 0 Å². The second-order valence-corrected chi connectivity index (χ2v) is 19.1. The summed E-state index contributed by atoms with van der Waals surface area (Å²) in [6, 6.07) is 40.8. The van der Waals surface area contributed by atoms with Crippen molar-refractivity contribution in [1.82, 2.24) is 0 Å². The smallest absolute Gasteiger partial charge is 0.186 e. The van der Waals surface area contributed by atoms with Crippen LogP contribution in [0.5, 0.6) is 0 Å². The summed E-state index contributed by atoms with van der Waals surface area (Å²) in [5.74, 6) is 0. The molecule has 0 amide bonds. The van der Waals surface area contributed by atoms with Gasteiger partial charge in [-0.2, -0.15) is 0 Å². The summed E-state index contributed by atoms with van der Waals surface area (Å²) in [6.07, 6.45) is -4.77. The van der Waals surface area contributed by atoms with Crippen molar-refractivity contribution in [3.8, 4) is 0 Å². The average molecular weight is 671 g/mol. The molecule has 256 valence electrons. The zero-order chi connectivity index (χ0) is 33.6. The van der Waals surface area contributed by atoms with Crippen molar-refractivity contribution in [3.63, 3.8) is 0 Å². The zero-order valence-corrected chi connectivity index (χ0v) is 29.4. The van der Waals surface area contributed by atoms with Crippen LogP contribution in [0.25, 0.3) is 0 Å². The predicted molar refractivity (Wildman–Crippen MR) is 190 cm³/mol. The predicted octanol–water partition coefficient (Wildman–Crippen LogP) is 7.40. The number of hydrogen-bond acceptors (Lipinski definition) is 7. The molecule has 0 unspecified atom stereocenters. The van der Waals surface area contributed by atoms with E-state index in [0.717, 1.165) is 28.3 Å². The Balaban J connectivity index is 1.41. The molecule has 1 N–H and O–H groups in total. The lowest BCUT2D eigenvalue weighted by Gasteiger charge is -2.46.